The quantitative estimate of drug-likeness (QED) is 0.907. The Morgan fingerprint density at radius 2 is 2.14 bits per heavy atom. The van der Waals surface area contributed by atoms with Crippen LogP contribution in [0.4, 0.5) is 10.1 Å². The van der Waals surface area contributed by atoms with E-state index in [2.05, 4.69) is 10.2 Å². The van der Waals surface area contributed by atoms with Gasteiger partial charge in [0.05, 0.1) is 18.9 Å². The van der Waals surface area contributed by atoms with E-state index in [1.807, 2.05) is 13.8 Å². The first kappa shape index (κ1) is 15.9. The van der Waals surface area contributed by atoms with Gasteiger partial charge in [-0.15, -0.1) is 0 Å². The van der Waals surface area contributed by atoms with Crippen LogP contribution >= 0.6 is 0 Å². The lowest BCUT2D eigenvalue weighted by Crippen LogP contribution is -2.43. The Hall–Kier alpha value is -1.46. The van der Waals surface area contributed by atoms with Gasteiger partial charge in [-0.25, -0.2) is 4.39 Å². The second kappa shape index (κ2) is 7.52. The maximum Gasteiger partial charge on any atom is 0.226 e. The molecule has 1 aromatic rings. The van der Waals surface area contributed by atoms with Gasteiger partial charge in [0.15, 0.2) is 0 Å². The normalized spacial score (nSPS) is 17.5. The van der Waals surface area contributed by atoms with Gasteiger partial charge in [0.2, 0.25) is 5.91 Å². The van der Waals surface area contributed by atoms with Crippen molar-refractivity contribution in [3.8, 4) is 0 Å². The summed E-state index contributed by atoms with van der Waals surface area (Å²) >= 11 is 0. The van der Waals surface area contributed by atoms with E-state index in [-0.39, 0.29) is 23.5 Å². The standard InChI is InChI=1S/C16H23FN2O2/c1-3-13-4-5-14(17)15(11-13)18-16(20)10-12(2)19-6-8-21-9-7-19/h4-5,11-12H,3,6-10H2,1-2H3,(H,18,20). The molecule has 1 N–H and O–H groups in total. The van der Waals surface area contributed by atoms with Crippen molar-refractivity contribution >= 4 is 11.6 Å². The number of morpholine rings is 1. The molecular formula is C16H23FN2O2. The highest BCUT2D eigenvalue weighted by Gasteiger charge is 2.20. The molecule has 1 heterocycles. The lowest BCUT2D eigenvalue weighted by Gasteiger charge is -2.31. The lowest BCUT2D eigenvalue weighted by molar-refractivity contribution is -0.117. The van der Waals surface area contributed by atoms with Crippen molar-refractivity contribution < 1.29 is 13.9 Å². The third-order valence-electron chi connectivity index (χ3n) is 3.86. The molecule has 1 saturated heterocycles. The Morgan fingerprint density at radius 1 is 1.43 bits per heavy atom. The van der Waals surface area contributed by atoms with Crippen LogP contribution in [0.25, 0.3) is 0 Å². The summed E-state index contributed by atoms with van der Waals surface area (Å²) in [5.74, 6) is -0.541. The highest BCUT2D eigenvalue weighted by molar-refractivity contribution is 5.91. The predicted molar refractivity (Wildman–Crippen MR) is 80.9 cm³/mol. The highest BCUT2D eigenvalue weighted by atomic mass is 19.1. The van der Waals surface area contributed by atoms with Crippen LogP contribution in [0, 0.1) is 5.82 Å². The van der Waals surface area contributed by atoms with Crippen LogP contribution in [0.1, 0.15) is 25.8 Å². The van der Waals surface area contributed by atoms with Gasteiger partial charge in [0.25, 0.3) is 0 Å². The molecule has 1 aliphatic rings. The van der Waals surface area contributed by atoms with Crippen molar-refractivity contribution in [2.24, 2.45) is 0 Å². The highest BCUT2D eigenvalue weighted by Crippen LogP contribution is 2.17. The summed E-state index contributed by atoms with van der Waals surface area (Å²) in [6.07, 6.45) is 1.17. The first-order valence-electron chi connectivity index (χ1n) is 7.50. The van der Waals surface area contributed by atoms with Crippen LogP contribution in [-0.2, 0) is 16.0 Å². The summed E-state index contributed by atoms with van der Waals surface area (Å²) in [4.78, 5) is 14.3. The number of ether oxygens (including phenoxy) is 1. The molecule has 1 aliphatic heterocycles. The molecule has 1 atom stereocenters. The predicted octanol–water partition coefficient (Wildman–Crippen LogP) is 2.44. The summed E-state index contributed by atoms with van der Waals surface area (Å²) in [6.45, 7) is 7.11. The van der Waals surface area contributed by atoms with E-state index in [9.17, 15) is 9.18 Å². The van der Waals surface area contributed by atoms with Gasteiger partial charge < -0.3 is 10.1 Å². The van der Waals surface area contributed by atoms with Gasteiger partial charge >= 0.3 is 0 Å². The number of amides is 1. The maximum absolute atomic E-state index is 13.7. The number of hydrogen-bond donors (Lipinski definition) is 1. The number of nitrogens with zero attached hydrogens (tertiary/aromatic N) is 1. The van der Waals surface area contributed by atoms with Crippen molar-refractivity contribution in [1.82, 2.24) is 4.90 Å². The van der Waals surface area contributed by atoms with Crippen molar-refractivity contribution in [1.29, 1.82) is 0 Å². The van der Waals surface area contributed by atoms with Crippen LogP contribution in [-0.4, -0.2) is 43.2 Å². The Balaban J connectivity index is 1.91. The number of anilines is 1. The molecule has 5 heteroatoms. The summed E-state index contributed by atoms with van der Waals surface area (Å²) in [5.41, 5.74) is 1.28. The molecule has 0 bridgehead atoms. The molecule has 0 spiro atoms. The smallest absolute Gasteiger partial charge is 0.226 e. The average molecular weight is 294 g/mol. The number of nitrogens with one attached hydrogen (secondary N) is 1. The van der Waals surface area contributed by atoms with Crippen LogP contribution in [0.3, 0.4) is 0 Å². The molecule has 116 valence electrons. The van der Waals surface area contributed by atoms with Crippen molar-refractivity contribution in [2.75, 3.05) is 31.6 Å². The molecule has 4 nitrogen and oxygen atoms in total. The zero-order chi connectivity index (χ0) is 15.2. The number of halogens is 1. The van der Waals surface area contributed by atoms with Crippen molar-refractivity contribution in [2.45, 2.75) is 32.7 Å². The molecule has 1 fully saturated rings. The second-order valence-corrected chi connectivity index (χ2v) is 5.42. The van der Waals surface area contributed by atoms with Crippen LogP contribution in [0.5, 0.6) is 0 Å². The van der Waals surface area contributed by atoms with Gasteiger partial charge in [0, 0.05) is 25.6 Å². The van der Waals surface area contributed by atoms with Gasteiger partial charge in [-0.2, -0.15) is 0 Å². The van der Waals surface area contributed by atoms with Crippen LogP contribution < -0.4 is 5.32 Å². The SMILES string of the molecule is CCc1ccc(F)c(NC(=O)CC(C)N2CCOCC2)c1. The molecule has 0 aliphatic carbocycles. The van der Waals surface area contributed by atoms with Crippen LogP contribution in [0.15, 0.2) is 18.2 Å². The fourth-order valence-electron chi connectivity index (χ4n) is 2.51. The van der Waals surface area contributed by atoms with E-state index in [1.165, 1.54) is 6.07 Å². The molecule has 2 rings (SSSR count). The van der Waals surface area contributed by atoms with Gasteiger partial charge in [-0.1, -0.05) is 13.0 Å². The Kier molecular flexibility index (Phi) is 5.70. The Bertz CT molecular complexity index is 487. The number of carbonyl (C=O) groups excluding carboxylic acids is 1. The topological polar surface area (TPSA) is 41.6 Å². The molecule has 1 unspecified atom stereocenters. The zero-order valence-corrected chi connectivity index (χ0v) is 12.7. The number of aryl methyl sites for hydroxylation is 1. The fraction of sp³-hybridized carbons (Fsp3) is 0.562. The van der Waals surface area contributed by atoms with E-state index in [1.54, 1.807) is 12.1 Å². The van der Waals surface area contributed by atoms with E-state index in [4.69, 9.17) is 4.74 Å². The summed E-state index contributed by atoms with van der Waals surface area (Å²) in [5, 5.41) is 2.68. The molecular weight excluding hydrogens is 271 g/mol. The molecule has 21 heavy (non-hydrogen) atoms. The minimum absolute atomic E-state index is 0.131. The summed E-state index contributed by atoms with van der Waals surface area (Å²) < 4.78 is 19.0. The summed E-state index contributed by atoms with van der Waals surface area (Å²) in [6, 6.07) is 4.97. The first-order chi connectivity index (χ1) is 10.1. The number of hydrogen-bond acceptors (Lipinski definition) is 3. The van der Waals surface area contributed by atoms with E-state index in [0.29, 0.717) is 19.6 Å². The van der Waals surface area contributed by atoms with E-state index in [0.717, 1.165) is 25.1 Å². The van der Waals surface area contributed by atoms with Gasteiger partial charge in [0.1, 0.15) is 5.82 Å². The largest absolute Gasteiger partial charge is 0.379 e. The van der Waals surface area contributed by atoms with E-state index < -0.39 is 0 Å². The number of carbonyl (C=O) groups is 1. The van der Waals surface area contributed by atoms with Gasteiger partial charge in [-0.3, -0.25) is 9.69 Å². The average Bonchev–Trinajstić information content (AvgIpc) is 2.50. The maximum atomic E-state index is 13.7. The summed E-state index contributed by atoms with van der Waals surface area (Å²) in [7, 11) is 0. The molecule has 0 saturated carbocycles. The molecule has 1 amide bonds. The molecule has 1 aromatic carbocycles. The minimum Gasteiger partial charge on any atom is -0.379 e. The Morgan fingerprint density at radius 3 is 2.81 bits per heavy atom. The first-order valence-corrected chi connectivity index (χ1v) is 7.50. The van der Waals surface area contributed by atoms with Crippen LogP contribution in [0.2, 0.25) is 0 Å². The Labute approximate surface area is 125 Å². The van der Waals surface area contributed by atoms with Gasteiger partial charge in [-0.05, 0) is 31.0 Å². The zero-order valence-electron chi connectivity index (χ0n) is 12.7. The monoisotopic (exact) mass is 294 g/mol. The molecule has 0 aromatic heterocycles. The van der Waals surface area contributed by atoms with Crippen molar-refractivity contribution in [3.63, 3.8) is 0 Å². The lowest BCUT2D eigenvalue weighted by atomic mass is 10.1. The molecule has 0 radical (unpaired) electrons. The van der Waals surface area contributed by atoms with Crippen molar-refractivity contribution in [3.05, 3.63) is 29.6 Å². The second-order valence-electron chi connectivity index (χ2n) is 5.42. The van der Waals surface area contributed by atoms with E-state index >= 15 is 0 Å². The fourth-order valence-corrected chi connectivity index (χ4v) is 2.51. The third-order valence-corrected chi connectivity index (χ3v) is 3.86. The minimum atomic E-state index is -0.389. The number of benzene rings is 1. The number of rotatable bonds is 5. The third kappa shape index (κ3) is 4.51.